The third-order valence-electron chi connectivity index (χ3n) is 2.07. The summed E-state index contributed by atoms with van der Waals surface area (Å²) in [7, 11) is 0. The van der Waals surface area contributed by atoms with E-state index in [1.165, 1.54) is 24.3 Å². The lowest BCUT2D eigenvalue weighted by Gasteiger charge is -2.06. The van der Waals surface area contributed by atoms with Gasteiger partial charge in [-0.1, -0.05) is 12.1 Å². The third-order valence-corrected chi connectivity index (χ3v) is 2.07. The van der Waals surface area contributed by atoms with Gasteiger partial charge in [0.15, 0.2) is 0 Å². The van der Waals surface area contributed by atoms with Crippen LogP contribution in [0.3, 0.4) is 0 Å². The molecule has 2 rings (SSSR count). The number of rotatable bonds is 1. The number of hydrogen-bond donors (Lipinski definition) is 1. The van der Waals surface area contributed by atoms with E-state index < -0.39 is 11.6 Å². The molecule has 0 fully saturated rings. The fraction of sp³-hybridized carbons (Fsp3) is 0. The molecule has 0 aliphatic carbocycles. The number of hydrogen-bond acceptors (Lipinski definition) is 1. The molecular weight excluding hydrogens is 198 g/mol. The molecule has 3 heteroatoms. The first-order chi connectivity index (χ1) is 7.20. The van der Waals surface area contributed by atoms with Gasteiger partial charge in [-0.25, -0.2) is 8.78 Å². The average Bonchev–Trinajstić information content (AvgIpc) is 2.20. The van der Waals surface area contributed by atoms with Crippen LogP contribution >= 0.6 is 0 Å². The fourth-order valence-corrected chi connectivity index (χ4v) is 1.39. The first-order valence-corrected chi connectivity index (χ1v) is 4.33. The van der Waals surface area contributed by atoms with Crippen LogP contribution in [-0.2, 0) is 0 Å². The summed E-state index contributed by atoms with van der Waals surface area (Å²) in [5.41, 5.74) is -0.0895. The maximum atomic E-state index is 13.4. The van der Waals surface area contributed by atoms with Crippen molar-refractivity contribution in [2.75, 3.05) is 0 Å². The first-order valence-electron chi connectivity index (χ1n) is 4.33. The maximum absolute atomic E-state index is 13.4. The molecule has 1 nitrogen and oxygen atoms in total. The van der Waals surface area contributed by atoms with Crippen LogP contribution in [-0.4, -0.2) is 5.11 Å². The van der Waals surface area contributed by atoms with Crippen molar-refractivity contribution in [2.24, 2.45) is 0 Å². The number of benzene rings is 2. The standard InChI is InChI=1S/C12H7F2O/c13-9-5-3-6-10(14)12(9)8-4-1-2-7-11(8)15/h1,3-7,15H. The summed E-state index contributed by atoms with van der Waals surface area (Å²) in [5, 5.41) is 9.45. The summed E-state index contributed by atoms with van der Waals surface area (Å²) in [5.74, 6) is -1.59. The zero-order valence-corrected chi connectivity index (χ0v) is 7.67. The Morgan fingerprint density at radius 2 is 1.73 bits per heavy atom. The Morgan fingerprint density at radius 1 is 1.07 bits per heavy atom. The zero-order chi connectivity index (χ0) is 10.8. The van der Waals surface area contributed by atoms with Crippen LogP contribution < -0.4 is 0 Å². The smallest absolute Gasteiger partial charge is 0.134 e. The van der Waals surface area contributed by atoms with Crippen molar-refractivity contribution in [3.8, 4) is 16.9 Å². The molecule has 0 aromatic heterocycles. The van der Waals surface area contributed by atoms with Gasteiger partial charge in [-0.2, -0.15) is 0 Å². The van der Waals surface area contributed by atoms with E-state index in [1.807, 2.05) is 0 Å². The predicted molar refractivity (Wildman–Crippen MR) is 52.3 cm³/mol. The van der Waals surface area contributed by atoms with Gasteiger partial charge in [-0.05, 0) is 30.3 Å². The van der Waals surface area contributed by atoms with Gasteiger partial charge >= 0.3 is 0 Å². The van der Waals surface area contributed by atoms with E-state index in [-0.39, 0.29) is 16.9 Å². The second-order valence-corrected chi connectivity index (χ2v) is 3.04. The second-order valence-electron chi connectivity index (χ2n) is 3.04. The van der Waals surface area contributed by atoms with E-state index in [9.17, 15) is 13.9 Å². The summed E-state index contributed by atoms with van der Waals surface area (Å²) in [4.78, 5) is 0. The van der Waals surface area contributed by atoms with Crippen molar-refractivity contribution in [1.29, 1.82) is 0 Å². The van der Waals surface area contributed by atoms with Crippen molar-refractivity contribution >= 4 is 0 Å². The molecule has 0 atom stereocenters. The average molecular weight is 205 g/mol. The predicted octanol–water partition coefficient (Wildman–Crippen LogP) is 3.14. The lowest BCUT2D eigenvalue weighted by Crippen LogP contribution is -1.89. The van der Waals surface area contributed by atoms with Crippen molar-refractivity contribution in [2.45, 2.75) is 0 Å². The van der Waals surface area contributed by atoms with Gasteiger partial charge in [0.2, 0.25) is 0 Å². The molecule has 75 valence electrons. The molecular formula is C12H7F2O. The van der Waals surface area contributed by atoms with E-state index in [1.54, 1.807) is 0 Å². The Labute approximate surface area is 85.6 Å². The van der Waals surface area contributed by atoms with Crippen LogP contribution in [0.15, 0.2) is 36.4 Å². The SMILES string of the molecule is Oc1c[c]ccc1-c1c(F)cccc1F. The van der Waals surface area contributed by atoms with Gasteiger partial charge in [-0.15, -0.1) is 0 Å². The highest BCUT2D eigenvalue weighted by Gasteiger charge is 2.13. The van der Waals surface area contributed by atoms with Crippen LogP contribution in [0.4, 0.5) is 8.78 Å². The zero-order valence-electron chi connectivity index (χ0n) is 7.67. The topological polar surface area (TPSA) is 20.2 Å². The highest BCUT2D eigenvalue weighted by Crippen LogP contribution is 2.32. The molecule has 0 heterocycles. The summed E-state index contributed by atoms with van der Waals surface area (Å²) in [6, 6.07) is 10.4. The van der Waals surface area contributed by atoms with Gasteiger partial charge in [0.1, 0.15) is 17.4 Å². The minimum atomic E-state index is -0.698. The molecule has 0 aliphatic heterocycles. The van der Waals surface area contributed by atoms with E-state index in [4.69, 9.17) is 0 Å². The minimum absolute atomic E-state index is 0.129. The fourth-order valence-electron chi connectivity index (χ4n) is 1.39. The lowest BCUT2D eigenvalue weighted by atomic mass is 10.0. The van der Waals surface area contributed by atoms with Gasteiger partial charge in [0.25, 0.3) is 0 Å². The highest BCUT2D eigenvalue weighted by molar-refractivity contribution is 5.70. The van der Waals surface area contributed by atoms with E-state index in [0.29, 0.717) is 0 Å². The van der Waals surface area contributed by atoms with Crippen LogP contribution in [0.1, 0.15) is 0 Å². The van der Waals surface area contributed by atoms with Crippen LogP contribution in [0.2, 0.25) is 0 Å². The normalized spacial score (nSPS) is 10.3. The van der Waals surface area contributed by atoms with Crippen molar-refractivity contribution in [1.82, 2.24) is 0 Å². The lowest BCUT2D eigenvalue weighted by molar-refractivity contribution is 0.475. The molecule has 1 N–H and O–H groups in total. The molecule has 0 aliphatic rings. The van der Waals surface area contributed by atoms with Crippen molar-refractivity contribution in [3.05, 3.63) is 54.1 Å². The number of halogens is 2. The quantitative estimate of drug-likeness (QED) is 0.758. The summed E-state index contributed by atoms with van der Waals surface area (Å²) in [6.45, 7) is 0. The van der Waals surface area contributed by atoms with Gasteiger partial charge in [0.05, 0.1) is 5.56 Å². The summed E-state index contributed by atoms with van der Waals surface area (Å²) in [6.07, 6.45) is 0. The molecule has 0 spiro atoms. The molecule has 0 saturated heterocycles. The van der Waals surface area contributed by atoms with Crippen molar-refractivity contribution in [3.63, 3.8) is 0 Å². The van der Waals surface area contributed by atoms with Crippen molar-refractivity contribution < 1.29 is 13.9 Å². The largest absolute Gasteiger partial charge is 0.507 e. The molecule has 15 heavy (non-hydrogen) atoms. The summed E-state index contributed by atoms with van der Waals surface area (Å²) < 4.78 is 26.7. The number of aromatic hydroxyl groups is 1. The molecule has 0 saturated carbocycles. The third kappa shape index (κ3) is 1.68. The molecule has 0 amide bonds. The minimum Gasteiger partial charge on any atom is -0.507 e. The molecule has 1 radical (unpaired) electrons. The number of phenolic OH excluding ortho intramolecular Hbond substituents is 1. The van der Waals surface area contributed by atoms with Gasteiger partial charge in [-0.3, -0.25) is 0 Å². The molecule has 0 unspecified atom stereocenters. The number of phenols is 1. The highest BCUT2D eigenvalue weighted by atomic mass is 19.1. The van der Waals surface area contributed by atoms with E-state index in [2.05, 4.69) is 6.07 Å². The maximum Gasteiger partial charge on any atom is 0.134 e. The van der Waals surface area contributed by atoms with Crippen LogP contribution in [0.25, 0.3) is 11.1 Å². The van der Waals surface area contributed by atoms with Crippen LogP contribution in [0, 0.1) is 17.7 Å². The Balaban J connectivity index is 2.69. The summed E-state index contributed by atoms with van der Waals surface area (Å²) >= 11 is 0. The second kappa shape index (κ2) is 3.69. The van der Waals surface area contributed by atoms with Crippen LogP contribution in [0.5, 0.6) is 5.75 Å². The molecule has 2 aromatic rings. The Kier molecular flexibility index (Phi) is 2.37. The first kappa shape index (κ1) is 9.65. The van der Waals surface area contributed by atoms with Gasteiger partial charge < -0.3 is 5.11 Å². The molecule has 2 aromatic carbocycles. The molecule has 0 bridgehead atoms. The monoisotopic (exact) mass is 205 g/mol. The van der Waals surface area contributed by atoms with Gasteiger partial charge in [0, 0.05) is 5.56 Å². The Morgan fingerprint density at radius 3 is 2.33 bits per heavy atom. The Hall–Kier alpha value is -1.90. The Bertz CT molecular complexity index is 474. The van der Waals surface area contributed by atoms with E-state index >= 15 is 0 Å². The van der Waals surface area contributed by atoms with E-state index in [0.717, 1.165) is 12.1 Å².